The zero-order chi connectivity index (χ0) is 24.7. The van der Waals surface area contributed by atoms with Gasteiger partial charge in [-0.3, -0.25) is 14.2 Å². The molecule has 8 heteroatoms. The van der Waals surface area contributed by atoms with Crippen LogP contribution in [0.2, 0.25) is 0 Å². The largest absolute Gasteiger partial charge is 0.463 e. The summed E-state index contributed by atoms with van der Waals surface area (Å²) in [5.74, 6) is -0.687. The number of ether oxygens (including phenoxy) is 1. The van der Waals surface area contributed by atoms with Gasteiger partial charge in [0.25, 0.3) is 11.5 Å². The Morgan fingerprint density at radius 1 is 1.06 bits per heavy atom. The number of fused-ring (bicyclic) bond motifs is 2. The molecule has 0 N–H and O–H groups in total. The van der Waals surface area contributed by atoms with Gasteiger partial charge in [-0.05, 0) is 31.9 Å². The van der Waals surface area contributed by atoms with Gasteiger partial charge in [0.15, 0.2) is 4.80 Å². The van der Waals surface area contributed by atoms with Gasteiger partial charge in [0.2, 0.25) is 0 Å². The zero-order valence-electron chi connectivity index (χ0n) is 19.8. The van der Waals surface area contributed by atoms with Crippen LogP contribution in [0.3, 0.4) is 0 Å². The molecule has 3 heterocycles. The lowest BCUT2D eigenvalue weighted by Crippen LogP contribution is -2.41. The monoisotopic (exact) mass is 487 g/mol. The van der Waals surface area contributed by atoms with Crippen molar-refractivity contribution in [1.29, 1.82) is 0 Å². The SMILES string of the molecule is CCCN1C(=O)C(=c2sc3n(c2=O)[C@H](c2ccccc2)C(C(=O)OCC)=C(C)N=3)c2ccccc21. The van der Waals surface area contributed by atoms with Crippen molar-refractivity contribution >= 4 is 34.5 Å². The number of amides is 1. The van der Waals surface area contributed by atoms with E-state index in [0.29, 0.717) is 32.7 Å². The Kier molecular flexibility index (Phi) is 5.98. The molecule has 0 unspecified atom stereocenters. The topological polar surface area (TPSA) is 81.0 Å². The summed E-state index contributed by atoms with van der Waals surface area (Å²) in [6.45, 7) is 6.29. The van der Waals surface area contributed by atoms with Crippen LogP contribution in [0.4, 0.5) is 5.69 Å². The van der Waals surface area contributed by atoms with Crippen LogP contribution < -0.4 is 19.8 Å². The van der Waals surface area contributed by atoms with Crippen LogP contribution in [0.5, 0.6) is 0 Å². The molecule has 0 bridgehead atoms. The highest BCUT2D eigenvalue weighted by molar-refractivity contribution is 7.07. The van der Waals surface area contributed by atoms with E-state index in [9.17, 15) is 14.4 Å². The van der Waals surface area contributed by atoms with Crippen molar-refractivity contribution in [3.8, 4) is 0 Å². The Morgan fingerprint density at radius 2 is 1.77 bits per heavy atom. The molecule has 2 aliphatic rings. The van der Waals surface area contributed by atoms with Crippen LogP contribution in [-0.4, -0.2) is 29.6 Å². The molecule has 0 fully saturated rings. The summed E-state index contributed by atoms with van der Waals surface area (Å²) in [5.41, 5.74) is 3.20. The maximum absolute atomic E-state index is 14.0. The van der Waals surface area contributed by atoms with E-state index >= 15 is 0 Å². The van der Waals surface area contributed by atoms with Gasteiger partial charge in [-0.1, -0.05) is 66.8 Å². The summed E-state index contributed by atoms with van der Waals surface area (Å²) in [4.78, 5) is 47.3. The van der Waals surface area contributed by atoms with Crippen molar-refractivity contribution in [1.82, 2.24) is 4.57 Å². The standard InChI is InChI=1S/C27H25N3O4S/c1-4-15-29-19-14-10-9-13-18(19)21(24(29)31)23-25(32)30-22(17-11-7-6-8-12-17)20(26(33)34-5-2)16(3)28-27(30)35-23/h6-14,22H,4-5,15H2,1-3H3/t22-/m1/s1. The number of carbonyl (C=O) groups excluding carboxylic acids is 2. The normalized spacial score (nSPS) is 18.3. The number of benzene rings is 2. The highest BCUT2D eigenvalue weighted by Crippen LogP contribution is 2.35. The fraction of sp³-hybridized carbons (Fsp3) is 0.259. The van der Waals surface area contributed by atoms with Gasteiger partial charge in [-0.15, -0.1) is 0 Å². The molecule has 1 atom stereocenters. The fourth-order valence-corrected chi connectivity index (χ4v) is 5.87. The van der Waals surface area contributed by atoms with Gasteiger partial charge < -0.3 is 9.64 Å². The number of allylic oxidation sites excluding steroid dienone is 1. The molecule has 0 saturated carbocycles. The van der Waals surface area contributed by atoms with Crippen LogP contribution in [0.1, 0.15) is 44.4 Å². The third-order valence-electron chi connectivity index (χ3n) is 6.21. The second kappa shape index (κ2) is 9.11. The van der Waals surface area contributed by atoms with Gasteiger partial charge in [-0.2, -0.15) is 0 Å². The summed E-state index contributed by atoms with van der Waals surface area (Å²) in [6, 6.07) is 16.2. The molecule has 2 aromatic carbocycles. The van der Waals surface area contributed by atoms with Crippen LogP contribution >= 0.6 is 11.3 Å². The molecule has 178 valence electrons. The molecule has 0 radical (unpaired) electrons. The van der Waals surface area contributed by atoms with E-state index in [1.165, 1.54) is 15.9 Å². The maximum atomic E-state index is 14.0. The van der Waals surface area contributed by atoms with E-state index in [2.05, 4.69) is 4.99 Å². The summed E-state index contributed by atoms with van der Waals surface area (Å²) >= 11 is 1.19. The highest BCUT2D eigenvalue weighted by Gasteiger charge is 2.37. The first-order valence-electron chi connectivity index (χ1n) is 11.7. The molecule has 5 rings (SSSR count). The first-order chi connectivity index (χ1) is 17.0. The zero-order valence-corrected chi connectivity index (χ0v) is 20.6. The van der Waals surface area contributed by atoms with Gasteiger partial charge >= 0.3 is 5.97 Å². The predicted molar refractivity (Wildman–Crippen MR) is 135 cm³/mol. The molecule has 0 aliphatic carbocycles. The Balaban J connectivity index is 1.81. The minimum Gasteiger partial charge on any atom is -0.463 e. The molecule has 7 nitrogen and oxygen atoms in total. The minimum atomic E-state index is -0.695. The molecule has 2 aliphatic heterocycles. The van der Waals surface area contributed by atoms with Crippen molar-refractivity contribution in [3.63, 3.8) is 0 Å². The Morgan fingerprint density at radius 3 is 2.49 bits per heavy atom. The third kappa shape index (κ3) is 3.65. The van der Waals surface area contributed by atoms with Gasteiger partial charge in [-0.25, -0.2) is 9.79 Å². The number of nitrogens with zero attached hydrogens (tertiary/aromatic N) is 3. The molecule has 35 heavy (non-hydrogen) atoms. The predicted octanol–water partition coefficient (Wildman–Crippen LogP) is 2.93. The highest BCUT2D eigenvalue weighted by atomic mass is 32.1. The summed E-state index contributed by atoms with van der Waals surface area (Å²) in [6.07, 6.45) is 0.796. The van der Waals surface area contributed by atoms with Crippen molar-refractivity contribution in [3.05, 3.63) is 96.7 Å². The van der Waals surface area contributed by atoms with Gasteiger partial charge in [0.05, 0.1) is 35.2 Å². The van der Waals surface area contributed by atoms with Crippen LogP contribution in [0.25, 0.3) is 5.57 Å². The maximum Gasteiger partial charge on any atom is 0.338 e. The van der Waals surface area contributed by atoms with E-state index in [1.807, 2.05) is 61.5 Å². The van der Waals surface area contributed by atoms with Crippen molar-refractivity contribution < 1.29 is 14.3 Å². The molecule has 1 aromatic heterocycles. The molecule has 3 aromatic rings. The van der Waals surface area contributed by atoms with E-state index in [1.54, 1.807) is 18.7 Å². The van der Waals surface area contributed by atoms with E-state index in [4.69, 9.17) is 4.74 Å². The van der Waals surface area contributed by atoms with Gasteiger partial charge in [0, 0.05) is 12.1 Å². The summed E-state index contributed by atoms with van der Waals surface area (Å²) in [7, 11) is 0. The van der Waals surface area contributed by atoms with E-state index in [-0.39, 0.29) is 18.1 Å². The van der Waals surface area contributed by atoms with Crippen LogP contribution in [0, 0.1) is 0 Å². The second-order valence-corrected chi connectivity index (χ2v) is 9.36. The second-order valence-electron chi connectivity index (χ2n) is 8.38. The average molecular weight is 488 g/mol. The number of aromatic nitrogens is 1. The van der Waals surface area contributed by atoms with Crippen molar-refractivity contribution in [2.75, 3.05) is 18.1 Å². The van der Waals surface area contributed by atoms with E-state index in [0.717, 1.165) is 23.2 Å². The number of esters is 1. The number of para-hydroxylation sites is 1. The number of hydrogen-bond donors (Lipinski definition) is 0. The first-order valence-corrected chi connectivity index (χ1v) is 12.5. The van der Waals surface area contributed by atoms with Crippen LogP contribution in [-0.2, 0) is 14.3 Å². The lowest BCUT2D eigenvalue weighted by Gasteiger charge is -2.24. The molecule has 1 amide bonds. The molecule has 0 spiro atoms. The lowest BCUT2D eigenvalue weighted by molar-refractivity contribution is -0.139. The van der Waals surface area contributed by atoms with Crippen molar-refractivity contribution in [2.24, 2.45) is 4.99 Å². The number of rotatable bonds is 5. The van der Waals surface area contributed by atoms with Gasteiger partial charge in [0.1, 0.15) is 4.53 Å². The minimum absolute atomic E-state index is 0.184. The summed E-state index contributed by atoms with van der Waals surface area (Å²) in [5, 5.41) is 0. The summed E-state index contributed by atoms with van der Waals surface area (Å²) < 4.78 is 7.19. The van der Waals surface area contributed by atoms with Crippen molar-refractivity contribution in [2.45, 2.75) is 33.2 Å². The Bertz CT molecular complexity index is 1550. The number of anilines is 1. The average Bonchev–Trinajstić information content (AvgIpc) is 3.32. The molecular formula is C27H25N3O4S. The quantitative estimate of drug-likeness (QED) is 0.519. The van der Waals surface area contributed by atoms with Crippen LogP contribution in [0.15, 0.2) is 75.7 Å². The lowest BCUT2D eigenvalue weighted by atomic mass is 9.96. The number of carbonyl (C=O) groups is 2. The third-order valence-corrected chi connectivity index (χ3v) is 7.26. The first kappa shape index (κ1) is 23.0. The molecular weight excluding hydrogens is 462 g/mol. The molecule has 0 saturated heterocycles. The smallest absolute Gasteiger partial charge is 0.338 e. The fourth-order valence-electron chi connectivity index (χ4n) is 4.74. The number of thiazole rings is 1. The van der Waals surface area contributed by atoms with E-state index < -0.39 is 12.0 Å². The number of hydrogen-bond acceptors (Lipinski definition) is 6. The Hall–Kier alpha value is -3.78. The Labute approximate surface area is 206 Å².